The lowest BCUT2D eigenvalue weighted by Gasteiger charge is -2.05. The quantitative estimate of drug-likeness (QED) is 0.257. The molecule has 0 amide bonds. The summed E-state index contributed by atoms with van der Waals surface area (Å²) in [6.45, 7) is 4.22. The van der Waals surface area contributed by atoms with Crippen LogP contribution in [0.25, 0.3) is 0 Å². The molecule has 0 aromatic carbocycles. The molecule has 0 spiro atoms. The van der Waals surface area contributed by atoms with E-state index in [-0.39, 0.29) is 6.54 Å². The lowest BCUT2D eigenvalue weighted by molar-refractivity contribution is -0.489. The van der Waals surface area contributed by atoms with E-state index in [1.807, 2.05) is 0 Å². The fourth-order valence-corrected chi connectivity index (χ4v) is 0.494. The first-order valence-electron chi connectivity index (χ1n) is 3.01. The van der Waals surface area contributed by atoms with Crippen LogP contribution in [0.15, 0.2) is 12.7 Å². The predicted octanol–water partition coefficient (Wildman–Crippen LogP) is 0.381. The molecule has 0 aliphatic rings. The van der Waals surface area contributed by atoms with Crippen LogP contribution >= 0.6 is 0 Å². The molecule has 0 aliphatic carbocycles. The molecule has 0 aliphatic heterocycles. The Kier molecular flexibility index (Phi) is 3.87. The van der Waals surface area contributed by atoms with E-state index < -0.39 is 17.0 Å². The topological polar surface area (TPSA) is 69.4 Å². The first-order chi connectivity index (χ1) is 5.06. The second-order valence-corrected chi connectivity index (χ2v) is 1.97. The summed E-state index contributed by atoms with van der Waals surface area (Å²) in [4.78, 5) is 19.8. The maximum absolute atomic E-state index is 10.4. The molecule has 11 heavy (non-hydrogen) atoms. The number of rotatable bonds is 4. The van der Waals surface area contributed by atoms with Crippen LogP contribution in [0.2, 0.25) is 0 Å². The number of nitro groups is 1. The predicted molar refractivity (Wildman–Crippen MR) is 37.6 cm³/mol. The van der Waals surface area contributed by atoms with Gasteiger partial charge in [-0.2, -0.15) is 0 Å². The lowest BCUT2D eigenvalue weighted by Crippen LogP contribution is -2.22. The van der Waals surface area contributed by atoms with Crippen LogP contribution in [0, 0.1) is 10.1 Å². The molecule has 0 saturated carbocycles. The third-order valence-electron chi connectivity index (χ3n) is 0.890. The normalized spacial score (nSPS) is 11.7. The van der Waals surface area contributed by atoms with Gasteiger partial charge in [0.15, 0.2) is 6.10 Å². The molecule has 0 heterocycles. The van der Waals surface area contributed by atoms with Crippen molar-refractivity contribution < 1.29 is 14.5 Å². The molecular formula is C6H9NO4. The van der Waals surface area contributed by atoms with Gasteiger partial charge in [-0.15, -0.1) is 0 Å². The Labute approximate surface area is 63.8 Å². The molecule has 1 unspecified atom stereocenters. The second-order valence-electron chi connectivity index (χ2n) is 1.97. The Morgan fingerprint density at radius 3 is 2.82 bits per heavy atom. The van der Waals surface area contributed by atoms with Crippen LogP contribution in [-0.4, -0.2) is 23.5 Å². The van der Waals surface area contributed by atoms with Gasteiger partial charge in [-0.05, 0) is 6.92 Å². The summed E-state index contributed by atoms with van der Waals surface area (Å²) < 4.78 is 4.51. The Bertz CT molecular complexity index is 177. The zero-order chi connectivity index (χ0) is 8.85. The van der Waals surface area contributed by atoms with Crippen LogP contribution in [0.5, 0.6) is 0 Å². The lowest BCUT2D eigenvalue weighted by atomic mass is 10.4. The molecule has 0 saturated heterocycles. The third kappa shape index (κ3) is 5.07. The summed E-state index contributed by atoms with van der Waals surface area (Å²) in [5.74, 6) is -0.639. The van der Waals surface area contributed by atoms with Crippen molar-refractivity contribution in [2.24, 2.45) is 0 Å². The highest BCUT2D eigenvalue weighted by Crippen LogP contribution is 1.91. The zero-order valence-electron chi connectivity index (χ0n) is 6.15. The second kappa shape index (κ2) is 4.43. The highest BCUT2D eigenvalue weighted by Gasteiger charge is 2.11. The first-order valence-corrected chi connectivity index (χ1v) is 3.01. The number of nitrogens with zero attached hydrogens (tertiary/aromatic N) is 1. The SMILES string of the molecule is C=CC(=O)OC(C)C[N+](=O)[O-]. The molecule has 0 aromatic heterocycles. The van der Waals surface area contributed by atoms with E-state index in [4.69, 9.17) is 0 Å². The monoisotopic (exact) mass is 159 g/mol. The van der Waals surface area contributed by atoms with Crippen molar-refractivity contribution >= 4 is 5.97 Å². The Balaban J connectivity index is 3.68. The van der Waals surface area contributed by atoms with Gasteiger partial charge in [-0.1, -0.05) is 6.58 Å². The summed E-state index contributed by atoms with van der Waals surface area (Å²) in [7, 11) is 0. The van der Waals surface area contributed by atoms with Crippen molar-refractivity contribution in [3.05, 3.63) is 22.8 Å². The van der Waals surface area contributed by atoms with Crippen molar-refractivity contribution in [2.75, 3.05) is 6.54 Å². The maximum Gasteiger partial charge on any atom is 0.330 e. The van der Waals surface area contributed by atoms with Gasteiger partial charge < -0.3 is 4.74 Å². The largest absolute Gasteiger partial charge is 0.453 e. The number of hydrogen-bond donors (Lipinski definition) is 0. The van der Waals surface area contributed by atoms with Crippen LogP contribution < -0.4 is 0 Å². The number of ether oxygens (including phenoxy) is 1. The average molecular weight is 159 g/mol. The molecule has 0 aromatic rings. The van der Waals surface area contributed by atoms with Gasteiger partial charge in [0.1, 0.15) is 0 Å². The summed E-state index contributed by atoms with van der Waals surface area (Å²) in [5.41, 5.74) is 0. The summed E-state index contributed by atoms with van der Waals surface area (Å²) >= 11 is 0. The van der Waals surface area contributed by atoms with E-state index in [0.717, 1.165) is 6.08 Å². The molecule has 0 N–H and O–H groups in total. The minimum Gasteiger partial charge on any atom is -0.453 e. The standard InChI is InChI=1S/C6H9NO4/c1-3-6(8)11-5(2)4-7(9)10/h3,5H,1,4H2,2H3. The molecule has 1 atom stereocenters. The van der Waals surface area contributed by atoms with Crippen molar-refractivity contribution in [2.45, 2.75) is 13.0 Å². The highest BCUT2D eigenvalue weighted by molar-refractivity contribution is 5.81. The van der Waals surface area contributed by atoms with Crippen molar-refractivity contribution in [1.82, 2.24) is 0 Å². The van der Waals surface area contributed by atoms with Crippen molar-refractivity contribution in [3.63, 3.8) is 0 Å². The van der Waals surface area contributed by atoms with Gasteiger partial charge in [0, 0.05) is 11.0 Å². The number of esters is 1. The molecule has 0 fully saturated rings. The third-order valence-corrected chi connectivity index (χ3v) is 0.890. The van der Waals surface area contributed by atoms with Crippen LogP contribution in [-0.2, 0) is 9.53 Å². The van der Waals surface area contributed by atoms with E-state index >= 15 is 0 Å². The minimum absolute atomic E-state index is 0.375. The van der Waals surface area contributed by atoms with Gasteiger partial charge in [0.05, 0.1) is 0 Å². The van der Waals surface area contributed by atoms with Crippen molar-refractivity contribution in [1.29, 1.82) is 0 Å². The Morgan fingerprint density at radius 2 is 2.45 bits per heavy atom. The molecule has 0 bridgehead atoms. The molecule has 62 valence electrons. The first kappa shape index (κ1) is 9.61. The highest BCUT2D eigenvalue weighted by atomic mass is 16.6. The summed E-state index contributed by atoms with van der Waals surface area (Å²) in [6.07, 6.45) is 0.270. The van der Waals surface area contributed by atoms with Gasteiger partial charge in [0.25, 0.3) is 0 Å². The molecule has 5 nitrogen and oxygen atoms in total. The van der Waals surface area contributed by atoms with E-state index in [1.54, 1.807) is 0 Å². The molecule has 5 heteroatoms. The fraction of sp³-hybridized carbons (Fsp3) is 0.500. The Morgan fingerprint density at radius 1 is 1.91 bits per heavy atom. The van der Waals surface area contributed by atoms with E-state index in [2.05, 4.69) is 11.3 Å². The summed E-state index contributed by atoms with van der Waals surface area (Å²) in [6, 6.07) is 0. The van der Waals surface area contributed by atoms with Gasteiger partial charge in [-0.25, -0.2) is 4.79 Å². The van der Waals surface area contributed by atoms with E-state index in [0.29, 0.717) is 0 Å². The van der Waals surface area contributed by atoms with Crippen molar-refractivity contribution in [3.8, 4) is 0 Å². The van der Waals surface area contributed by atoms with Gasteiger partial charge in [-0.3, -0.25) is 10.1 Å². The fourth-order valence-electron chi connectivity index (χ4n) is 0.494. The molecular weight excluding hydrogens is 150 g/mol. The van der Waals surface area contributed by atoms with Crippen LogP contribution in [0.3, 0.4) is 0 Å². The van der Waals surface area contributed by atoms with E-state index in [9.17, 15) is 14.9 Å². The number of carbonyl (C=O) groups excluding carboxylic acids is 1. The minimum atomic E-state index is -0.699. The zero-order valence-corrected chi connectivity index (χ0v) is 6.15. The number of carbonyl (C=O) groups is 1. The average Bonchev–Trinajstić information content (AvgIpc) is 1.85. The van der Waals surface area contributed by atoms with Crippen LogP contribution in [0.4, 0.5) is 0 Å². The smallest absolute Gasteiger partial charge is 0.330 e. The van der Waals surface area contributed by atoms with Gasteiger partial charge in [0.2, 0.25) is 6.54 Å². The molecule has 0 radical (unpaired) electrons. The Hall–Kier alpha value is -1.39. The molecule has 0 rings (SSSR count). The van der Waals surface area contributed by atoms with E-state index in [1.165, 1.54) is 6.92 Å². The number of hydrogen-bond acceptors (Lipinski definition) is 4. The van der Waals surface area contributed by atoms with Crippen LogP contribution in [0.1, 0.15) is 6.92 Å². The summed E-state index contributed by atoms with van der Waals surface area (Å²) in [5, 5.41) is 9.87. The van der Waals surface area contributed by atoms with Gasteiger partial charge >= 0.3 is 5.97 Å². The maximum atomic E-state index is 10.4.